The Morgan fingerprint density at radius 1 is 1.85 bits per heavy atom. The van der Waals surface area contributed by atoms with Crippen molar-refractivity contribution in [3.8, 4) is 0 Å². The molecule has 0 aliphatic carbocycles. The second-order valence-electron chi connectivity index (χ2n) is 2.62. The fourth-order valence-corrected chi connectivity index (χ4v) is 1.29. The number of hydrogen-bond acceptors (Lipinski definition) is 4. The summed E-state index contributed by atoms with van der Waals surface area (Å²) in [5.74, 6) is -0.376. The second-order valence-corrected chi connectivity index (χ2v) is 3.46. The number of carbonyl (C=O) groups excluding carboxylic acids is 1. The molecule has 0 aliphatic heterocycles. The van der Waals surface area contributed by atoms with Gasteiger partial charge in [0.1, 0.15) is 5.69 Å². The lowest BCUT2D eigenvalue weighted by atomic mass is 10.4. The lowest BCUT2D eigenvalue weighted by molar-refractivity contribution is 0.0919. The average Bonchev–Trinajstić information content (AvgIpc) is 2.47. The molecule has 1 rings (SSSR count). The number of aliphatic hydroxyl groups is 1. The van der Waals surface area contributed by atoms with Crippen LogP contribution in [0.15, 0.2) is 10.2 Å². The summed E-state index contributed by atoms with van der Waals surface area (Å²) in [5.41, 5.74) is 0.232. The van der Waals surface area contributed by atoms with Crippen LogP contribution >= 0.6 is 11.3 Å². The van der Waals surface area contributed by atoms with Crippen LogP contribution in [0.1, 0.15) is 17.4 Å². The molecule has 1 heterocycles. The van der Waals surface area contributed by atoms with Crippen LogP contribution in [-0.4, -0.2) is 28.6 Å². The molecule has 0 fully saturated rings. The molecule has 0 aliphatic rings. The highest BCUT2D eigenvalue weighted by Gasteiger charge is 2.07. The first kappa shape index (κ1) is 9.94. The summed E-state index contributed by atoms with van der Waals surface area (Å²) in [6.45, 7) is 1.74. The molecule has 13 heavy (non-hydrogen) atoms. The third-order valence-electron chi connectivity index (χ3n) is 1.32. The molecule has 1 aromatic rings. The highest BCUT2D eigenvalue weighted by atomic mass is 32.1. The molecule has 0 unspecified atom stereocenters. The Morgan fingerprint density at radius 2 is 2.54 bits per heavy atom. The minimum Gasteiger partial charge on any atom is -0.392 e. The highest BCUT2D eigenvalue weighted by Crippen LogP contribution is 1.94. The Labute approximate surface area is 78.4 Å². The van der Waals surface area contributed by atoms with Gasteiger partial charge in [0.15, 0.2) is 0 Å². The minimum absolute atomic E-state index is 0.177. The topological polar surface area (TPSA) is 82.2 Å². The van der Waals surface area contributed by atoms with E-state index in [2.05, 4.69) is 10.3 Å². The second kappa shape index (κ2) is 4.20. The Hall–Kier alpha value is -1.14. The van der Waals surface area contributed by atoms with Crippen molar-refractivity contribution in [2.24, 2.45) is 0 Å². The zero-order chi connectivity index (χ0) is 9.84. The maximum Gasteiger partial charge on any atom is 0.305 e. The molecular weight excluding hydrogens is 192 g/mol. The van der Waals surface area contributed by atoms with E-state index in [0.717, 1.165) is 11.3 Å². The van der Waals surface area contributed by atoms with Gasteiger partial charge in [0, 0.05) is 11.9 Å². The molecule has 0 aromatic carbocycles. The van der Waals surface area contributed by atoms with Crippen LogP contribution in [0.3, 0.4) is 0 Å². The van der Waals surface area contributed by atoms with Crippen LogP contribution in [0.2, 0.25) is 0 Å². The number of nitrogens with one attached hydrogen (secondary N) is 2. The van der Waals surface area contributed by atoms with E-state index in [1.165, 1.54) is 5.38 Å². The van der Waals surface area contributed by atoms with E-state index in [9.17, 15) is 9.59 Å². The molecule has 3 N–H and O–H groups in total. The van der Waals surface area contributed by atoms with Crippen molar-refractivity contribution < 1.29 is 9.90 Å². The first-order valence-electron chi connectivity index (χ1n) is 3.73. The number of carbonyl (C=O) groups is 1. The number of amides is 1. The summed E-state index contributed by atoms with van der Waals surface area (Å²) >= 11 is 0.933. The fourth-order valence-electron chi connectivity index (χ4n) is 0.727. The lowest BCUT2D eigenvalue weighted by Crippen LogP contribution is -2.31. The van der Waals surface area contributed by atoms with Gasteiger partial charge in [0.25, 0.3) is 5.91 Å². The van der Waals surface area contributed by atoms with E-state index in [1.807, 2.05) is 0 Å². The molecule has 0 saturated carbocycles. The maximum absolute atomic E-state index is 11.2. The third-order valence-corrected chi connectivity index (χ3v) is 1.99. The van der Waals surface area contributed by atoms with Crippen molar-refractivity contribution in [2.45, 2.75) is 13.0 Å². The molecular formula is C7H10N2O3S. The first-order valence-corrected chi connectivity index (χ1v) is 4.61. The van der Waals surface area contributed by atoms with Crippen molar-refractivity contribution in [1.29, 1.82) is 0 Å². The SMILES string of the molecule is C[C@@H](O)CNC(=O)c1csc(=O)[nH]1. The normalized spacial score (nSPS) is 12.5. The number of H-pyrrole nitrogens is 1. The van der Waals surface area contributed by atoms with Crippen LogP contribution in [0, 0.1) is 0 Å². The predicted molar refractivity (Wildman–Crippen MR) is 49.0 cm³/mol. The highest BCUT2D eigenvalue weighted by molar-refractivity contribution is 7.07. The number of hydrogen-bond donors (Lipinski definition) is 3. The van der Waals surface area contributed by atoms with Gasteiger partial charge < -0.3 is 15.4 Å². The summed E-state index contributed by atoms with van der Waals surface area (Å²) in [7, 11) is 0. The smallest absolute Gasteiger partial charge is 0.305 e. The predicted octanol–water partition coefficient (Wildman–Crippen LogP) is -0.453. The zero-order valence-electron chi connectivity index (χ0n) is 7.03. The average molecular weight is 202 g/mol. The molecule has 0 radical (unpaired) electrons. The molecule has 0 spiro atoms. The number of aromatic amines is 1. The van der Waals surface area contributed by atoms with E-state index in [1.54, 1.807) is 6.92 Å². The number of aromatic nitrogens is 1. The summed E-state index contributed by atoms with van der Waals surface area (Å²) in [6.07, 6.45) is -0.589. The van der Waals surface area contributed by atoms with Gasteiger partial charge in [-0.15, -0.1) is 0 Å². The third kappa shape index (κ3) is 3.00. The zero-order valence-corrected chi connectivity index (χ0v) is 7.85. The van der Waals surface area contributed by atoms with E-state index in [-0.39, 0.29) is 23.0 Å². The largest absolute Gasteiger partial charge is 0.392 e. The van der Waals surface area contributed by atoms with Gasteiger partial charge >= 0.3 is 4.87 Å². The van der Waals surface area contributed by atoms with Gasteiger partial charge in [-0.2, -0.15) is 0 Å². The monoisotopic (exact) mass is 202 g/mol. The Morgan fingerprint density at radius 3 is 3.00 bits per heavy atom. The molecule has 1 aromatic heterocycles. The fraction of sp³-hybridized carbons (Fsp3) is 0.429. The van der Waals surface area contributed by atoms with Gasteiger partial charge in [0.05, 0.1) is 6.10 Å². The maximum atomic E-state index is 11.2. The molecule has 0 saturated heterocycles. The molecule has 1 amide bonds. The molecule has 5 nitrogen and oxygen atoms in total. The minimum atomic E-state index is -0.589. The summed E-state index contributed by atoms with van der Waals surface area (Å²) < 4.78 is 0. The summed E-state index contributed by atoms with van der Waals surface area (Å²) in [5, 5.41) is 12.8. The van der Waals surface area contributed by atoms with Crippen LogP contribution < -0.4 is 10.2 Å². The molecule has 0 bridgehead atoms. The molecule has 6 heteroatoms. The van der Waals surface area contributed by atoms with Gasteiger partial charge in [0.2, 0.25) is 0 Å². The Balaban J connectivity index is 2.54. The Kier molecular flexibility index (Phi) is 3.21. The van der Waals surface area contributed by atoms with E-state index >= 15 is 0 Å². The van der Waals surface area contributed by atoms with Crippen LogP contribution in [0.5, 0.6) is 0 Å². The molecule has 1 atom stereocenters. The molecule has 72 valence electrons. The van der Waals surface area contributed by atoms with Gasteiger partial charge in [-0.3, -0.25) is 9.59 Å². The lowest BCUT2D eigenvalue weighted by Gasteiger charge is -2.04. The van der Waals surface area contributed by atoms with Crippen LogP contribution in [0.4, 0.5) is 0 Å². The quantitative estimate of drug-likeness (QED) is 0.620. The number of aliphatic hydroxyl groups excluding tert-OH is 1. The summed E-state index contributed by atoms with van der Waals surface area (Å²) in [6, 6.07) is 0. The van der Waals surface area contributed by atoms with E-state index in [0.29, 0.717) is 0 Å². The van der Waals surface area contributed by atoms with Gasteiger partial charge in [-0.25, -0.2) is 0 Å². The van der Waals surface area contributed by atoms with Gasteiger partial charge in [-0.1, -0.05) is 11.3 Å². The van der Waals surface area contributed by atoms with Crippen molar-refractivity contribution >= 4 is 17.2 Å². The summed E-state index contributed by atoms with van der Waals surface area (Å²) in [4.78, 5) is 24.0. The Bertz CT molecular complexity index is 342. The van der Waals surface area contributed by atoms with E-state index < -0.39 is 6.10 Å². The van der Waals surface area contributed by atoms with Crippen molar-refractivity contribution in [3.05, 3.63) is 20.7 Å². The van der Waals surface area contributed by atoms with Crippen molar-refractivity contribution in [2.75, 3.05) is 6.54 Å². The number of rotatable bonds is 3. The number of thiazole rings is 1. The standard InChI is InChI=1S/C7H10N2O3S/c1-4(10)2-8-6(11)5-3-13-7(12)9-5/h3-4,10H,2H2,1H3,(H,8,11)(H,9,12)/t4-/m1/s1. The van der Waals surface area contributed by atoms with Crippen molar-refractivity contribution in [1.82, 2.24) is 10.3 Å². The van der Waals surface area contributed by atoms with Crippen LogP contribution in [-0.2, 0) is 0 Å². The van der Waals surface area contributed by atoms with Gasteiger partial charge in [-0.05, 0) is 6.92 Å². The van der Waals surface area contributed by atoms with Crippen LogP contribution in [0.25, 0.3) is 0 Å². The van der Waals surface area contributed by atoms with E-state index in [4.69, 9.17) is 5.11 Å². The first-order chi connectivity index (χ1) is 6.09. The van der Waals surface area contributed by atoms with Crippen molar-refractivity contribution in [3.63, 3.8) is 0 Å².